The van der Waals surface area contributed by atoms with Crippen molar-refractivity contribution < 1.29 is 18.5 Å². The van der Waals surface area contributed by atoms with Gasteiger partial charge in [0.1, 0.15) is 17.9 Å². The molecule has 0 spiro atoms. The fourth-order valence-electron chi connectivity index (χ4n) is 3.95. The number of aromatic nitrogens is 2. The third-order valence-electron chi connectivity index (χ3n) is 5.72. The SMILES string of the molecule is CC(N=C(C=CN)C1=CC=C[NH2+]1)c1nc(OC2CCN(S(C)(=O)=O)CC2)c2c(Cl)cccc2n1. The number of benzene rings is 1. The van der Waals surface area contributed by atoms with Crippen LogP contribution in [0.3, 0.4) is 0 Å². The van der Waals surface area contributed by atoms with Gasteiger partial charge in [-0.05, 0) is 50.3 Å². The molecule has 9 nitrogen and oxygen atoms in total. The van der Waals surface area contributed by atoms with Crippen LogP contribution in [0.2, 0.25) is 5.02 Å². The Bertz CT molecular complexity index is 1300. The number of nitrogens with two attached hydrogens (primary N) is 2. The molecule has 180 valence electrons. The molecule has 4 rings (SSSR count). The van der Waals surface area contributed by atoms with Crippen molar-refractivity contribution in [2.75, 3.05) is 19.3 Å². The van der Waals surface area contributed by atoms with E-state index in [0.29, 0.717) is 53.6 Å². The van der Waals surface area contributed by atoms with Gasteiger partial charge in [0.25, 0.3) is 0 Å². The molecule has 1 aromatic carbocycles. The van der Waals surface area contributed by atoms with Crippen LogP contribution in [0.5, 0.6) is 5.88 Å². The van der Waals surface area contributed by atoms with Gasteiger partial charge in [-0.25, -0.2) is 17.7 Å². The van der Waals surface area contributed by atoms with E-state index in [1.807, 2.05) is 42.7 Å². The van der Waals surface area contributed by atoms with Crippen LogP contribution in [0.25, 0.3) is 10.9 Å². The van der Waals surface area contributed by atoms with E-state index in [9.17, 15) is 8.42 Å². The number of hydrogen-bond donors (Lipinski definition) is 2. The fourth-order valence-corrected chi connectivity index (χ4v) is 5.08. The number of fused-ring (bicyclic) bond motifs is 1. The molecule has 0 aliphatic carbocycles. The molecule has 2 aliphatic rings. The van der Waals surface area contributed by atoms with Crippen molar-refractivity contribution in [2.24, 2.45) is 10.7 Å². The van der Waals surface area contributed by atoms with E-state index in [2.05, 4.69) is 0 Å². The lowest BCUT2D eigenvalue weighted by molar-refractivity contribution is -0.521. The summed E-state index contributed by atoms with van der Waals surface area (Å²) in [4.78, 5) is 14.2. The highest BCUT2D eigenvalue weighted by atomic mass is 35.5. The molecule has 34 heavy (non-hydrogen) atoms. The van der Waals surface area contributed by atoms with Gasteiger partial charge in [-0.15, -0.1) is 0 Å². The van der Waals surface area contributed by atoms with Crippen LogP contribution in [0.15, 0.2) is 59.5 Å². The molecule has 11 heteroatoms. The van der Waals surface area contributed by atoms with Crippen LogP contribution in [0, 0.1) is 0 Å². The smallest absolute Gasteiger partial charge is 0.226 e. The molecule has 1 unspecified atom stereocenters. The Morgan fingerprint density at radius 2 is 2.12 bits per heavy atom. The predicted octanol–water partition coefficient (Wildman–Crippen LogP) is 2.03. The number of halogens is 1. The van der Waals surface area contributed by atoms with E-state index in [-0.39, 0.29) is 12.1 Å². The summed E-state index contributed by atoms with van der Waals surface area (Å²) in [5.74, 6) is 0.877. The van der Waals surface area contributed by atoms with Gasteiger partial charge in [0, 0.05) is 19.2 Å². The van der Waals surface area contributed by atoms with Crippen LogP contribution in [0.4, 0.5) is 0 Å². The lowest BCUT2D eigenvalue weighted by atomic mass is 10.1. The van der Waals surface area contributed by atoms with Crippen molar-refractivity contribution in [3.8, 4) is 5.88 Å². The summed E-state index contributed by atoms with van der Waals surface area (Å²) >= 11 is 6.49. The Kier molecular flexibility index (Phi) is 7.32. The summed E-state index contributed by atoms with van der Waals surface area (Å²) in [5, 5.41) is 3.09. The maximum absolute atomic E-state index is 11.8. The molecule has 2 aliphatic heterocycles. The highest BCUT2D eigenvalue weighted by Crippen LogP contribution is 2.33. The van der Waals surface area contributed by atoms with Crippen molar-refractivity contribution in [1.29, 1.82) is 0 Å². The number of piperidine rings is 1. The Balaban J connectivity index is 1.65. The van der Waals surface area contributed by atoms with E-state index in [1.165, 1.54) is 16.8 Å². The van der Waals surface area contributed by atoms with Crippen molar-refractivity contribution in [2.45, 2.75) is 31.9 Å². The van der Waals surface area contributed by atoms with Crippen molar-refractivity contribution in [1.82, 2.24) is 14.3 Å². The summed E-state index contributed by atoms with van der Waals surface area (Å²) < 4.78 is 31.4. The Morgan fingerprint density at radius 1 is 1.35 bits per heavy atom. The summed E-state index contributed by atoms with van der Waals surface area (Å²) in [7, 11) is -3.21. The highest BCUT2D eigenvalue weighted by Gasteiger charge is 2.27. The second-order valence-corrected chi connectivity index (χ2v) is 10.6. The number of aliphatic imine (C=N–C) groups is 1. The number of rotatable bonds is 7. The molecule has 1 atom stereocenters. The van der Waals surface area contributed by atoms with Crippen LogP contribution in [-0.4, -0.2) is 53.9 Å². The molecule has 0 radical (unpaired) electrons. The number of nitrogens with zero attached hydrogens (tertiary/aromatic N) is 4. The van der Waals surface area contributed by atoms with Crippen LogP contribution < -0.4 is 15.8 Å². The Morgan fingerprint density at radius 3 is 2.76 bits per heavy atom. The monoisotopic (exact) mass is 503 g/mol. The van der Waals surface area contributed by atoms with E-state index >= 15 is 0 Å². The van der Waals surface area contributed by atoms with Crippen LogP contribution in [0.1, 0.15) is 31.6 Å². The number of ether oxygens (including phenoxy) is 1. The molecule has 1 fully saturated rings. The summed E-state index contributed by atoms with van der Waals surface area (Å²) in [6.07, 6.45) is 11.2. The zero-order chi connectivity index (χ0) is 24.3. The first-order valence-electron chi connectivity index (χ1n) is 11.0. The van der Waals surface area contributed by atoms with Gasteiger partial charge in [0.15, 0.2) is 11.5 Å². The first kappa shape index (κ1) is 24.3. The van der Waals surface area contributed by atoms with Gasteiger partial charge in [0.05, 0.1) is 28.4 Å². The van der Waals surface area contributed by atoms with Gasteiger partial charge in [-0.2, -0.15) is 4.98 Å². The van der Waals surface area contributed by atoms with Crippen molar-refractivity contribution >= 4 is 38.2 Å². The van der Waals surface area contributed by atoms with Gasteiger partial charge in [-0.1, -0.05) is 17.7 Å². The first-order chi connectivity index (χ1) is 16.3. The molecule has 3 heterocycles. The third kappa shape index (κ3) is 5.47. The average molecular weight is 504 g/mol. The molecule has 0 amide bonds. The maximum atomic E-state index is 11.8. The average Bonchev–Trinajstić information content (AvgIpc) is 3.33. The van der Waals surface area contributed by atoms with Crippen molar-refractivity contribution in [3.63, 3.8) is 0 Å². The molecule has 4 N–H and O–H groups in total. The number of allylic oxidation sites excluding steroid dienone is 3. The van der Waals surface area contributed by atoms with Gasteiger partial charge in [-0.3, -0.25) is 10.3 Å². The normalized spacial score (nSPS) is 19.1. The quantitative estimate of drug-likeness (QED) is 0.556. The van der Waals surface area contributed by atoms with E-state index in [0.717, 1.165) is 11.4 Å². The summed E-state index contributed by atoms with van der Waals surface area (Å²) in [6, 6.07) is 5.09. The molecule has 0 saturated carbocycles. The number of hydrogen-bond acceptors (Lipinski definition) is 7. The number of sulfonamides is 1. The minimum absolute atomic E-state index is 0.181. The molecule has 1 aromatic heterocycles. The van der Waals surface area contributed by atoms with Crippen LogP contribution >= 0.6 is 11.6 Å². The maximum Gasteiger partial charge on any atom is 0.226 e. The van der Waals surface area contributed by atoms with Gasteiger partial charge in [0.2, 0.25) is 15.9 Å². The zero-order valence-electron chi connectivity index (χ0n) is 19.1. The molecular weight excluding hydrogens is 476 g/mol. The lowest BCUT2D eigenvalue weighted by Gasteiger charge is -2.30. The lowest BCUT2D eigenvalue weighted by Crippen LogP contribution is -2.75. The standard InChI is InChI=1S/C23H27ClN6O3S/c1-15(27-19(8-11-25)18-7-4-12-26-18)22-28-20-6-3-5-17(24)21(20)23(29-22)33-16-9-13-30(14-10-16)34(2,31)32/h3-8,11-12,15-16,26H,9-10,13-14,25H2,1-2H3/p+1. The first-order valence-corrected chi connectivity index (χ1v) is 13.2. The third-order valence-corrected chi connectivity index (χ3v) is 7.34. The van der Waals surface area contributed by atoms with Gasteiger partial charge >= 0.3 is 0 Å². The van der Waals surface area contributed by atoms with E-state index in [4.69, 9.17) is 37.0 Å². The highest BCUT2D eigenvalue weighted by molar-refractivity contribution is 7.88. The Labute approximate surface area is 204 Å². The van der Waals surface area contributed by atoms with E-state index < -0.39 is 10.0 Å². The molecule has 0 bridgehead atoms. The van der Waals surface area contributed by atoms with Crippen molar-refractivity contribution in [3.05, 3.63) is 65.4 Å². The van der Waals surface area contributed by atoms with Crippen LogP contribution in [-0.2, 0) is 10.0 Å². The molecule has 2 aromatic rings. The largest absolute Gasteiger partial charge is 0.474 e. The minimum Gasteiger partial charge on any atom is -0.474 e. The predicted molar refractivity (Wildman–Crippen MR) is 133 cm³/mol. The number of quaternary nitrogens is 1. The summed E-state index contributed by atoms with van der Waals surface area (Å²) in [5.41, 5.74) is 7.97. The topological polar surface area (TPSA) is 127 Å². The second-order valence-electron chi connectivity index (χ2n) is 8.22. The Hall–Kier alpha value is -2.79. The molecule has 1 saturated heterocycles. The minimum atomic E-state index is -3.21. The zero-order valence-corrected chi connectivity index (χ0v) is 20.6. The second kappa shape index (κ2) is 10.2. The van der Waals surface area contributed by atoms with Gasteiger partial charge < -0.3 is 10.5 Å². The summed E-state index contributed by atoms with van der Waals surface area (Å²) in [6.45, 7) is 2.72. The fraction of sp³-hybridized carbons (Fsp3) is 0.348. The van der Waals surface area contributed by atoms with E-state index in [1.54, 1.807) is 12.1 Å². The molecular formula is C23H28ClN6O3S+.